The molecule has 150 valence electrons. The number of amides is 1. The summed E-state index contributed by atoms with van der Waals surface area (Å²) in [6, 6.07) is 13.7. The van der Waals surface area contributed by atoms with Crippen LogP contribution >= 0.6 is 0 Å². The van der Waals surface area contributed by atoms with E-state index in [2.05, 4.69) is 5.32 Å². The zero-order valence-corrected chi connectivity index (χ0v) is 15.6. The maximum absolute atomic E-state index is 13.0. The molecular weight excluding hydrogens is 371 g/mol. The van der Waals surface area contributed by atoms with Crippen molar-refractivity contribution in [2.75, 3.05) is 11.9 Å². The van der Waals surface area contributed by atoms with Gasteiger partial charge in [-0.15, -0.1) is 0 Å². The lowest BCUT2D eigenvalue weighted by Gasteiger charge is -2.22. The number of carbonyl (C=O) groups is 2. The van der Waals surface area contributed by atoms with E-state index < -0.39 is 36.1 Å². The Labute approximate surface area is 161 Å². The molecule has 7 heteroatoms. The van der Waals surface area contributed by atoms with Crippen molar-refractivity contribution < 1.29 is 27.5 Å². The van der Waals surface area contributed by atoms with Gasteiger partial charge in [-0.3, -0.25) is 9.59 Å². The highest BCUT2D eigenvalue weighted by Crippen LogP contribution is 2.34. The number of hydrogen-bond acceptors (Lipinski definition) is 3. The van der Waals surface area contributed by atoms with Gasteiger partial charge < -0.3 is 10.1 Å². The Kier molecular flexibility index (Phi) is 7.20. The van der Waals surface area contributed by atoms with Gasteiger partial charge in [-0.05, 0) is 23.6 Å². The number of carbonyl (C=O) groups excluding carboxylic acids is 2. The first-order valence-electron chi connectivity index (χ1n) is 8.91. The minimum absolute atomic E-state index is 0.0242. The van der Waals surface area contributed by atoms with Crippen LogP contribution in [0.5, 0.6) is 0 Å². The molecule has 2 aromatic carbocycles. The third-order valence-electron chi connectivity index (χ3n) is 4.48. The fraction of sp³-hybridized carbons (Fsp3) is 0.333. The lowest BCUT2D eigenvalue weighted by Crippen LogP contribution is -2.27. The zero-order valence-electron chi connectivity index (χ0n) is 15.6. The average Bonchev–Trinajstić information content (AvgIpc) is 2.67. The van der Waals surface area contributed by atoms with Crippen LogP contribution in [0.25, 0.3) is 0 Å². The van der Waals surface area contributed by atoms with Crippen molar-refractivity contribution in [2.24, 2.45) is 5.92 Å². The second-order valence-corrected chi connectivity index (χ2v) is 6.47. The number of rotatable bonds is 7. The zero-order chi connectivity index (χ0) is 20.7. The molecule has 0 radical (unpaired) electrons. The molecule has 2 rings (SSSR count). The summed E-state index contributed by atoms with van der Waals surface area (Å²) in [4.78, 5) is 24.6. The number of benzene rings is 2. The predicted molar refractivity (Wildman–Crippen MR) is 99.7 cm³/mol. The molecule has 28 heavy (non-hydrogen) atoms. The second-order valence-electron chi connectivity index (χ2n) is 6.47. The van der Waals surface area contributed by atoms with Crippen molar-refractivity contribution in [3.8, 4) is 0 Å². The highest BCUT2D eigenvalue weighted by Gasteiger charge is 2.34. The van der Waals surface area contributed by atoms with E-state index in [9.17, 15) is 22.8 Å². The van der Waals surface area contributed by atoms with E-state index in [0.717, 1.165) is 24.1 Å². The van der Waals surface area contributed by atoms with Crippen LogP contribution in [0.3, 0.4) is 0 Å². The minimum Gasteiger partial charge on any atom is -0.455 e. The first kappa shape index (κ1) is 21.5. The molecule has 0 saturated heterocycles. The molecule has 0 aliphatic carbocycles. The Morgan fingerprint density at radius 2 is 1.64 bits per heavy atom. The van der Waals surface area contributed by atoms with Gasteiger partial charge in [-0.1, -0.05) is 62.7 Å². The van der Waals surface area contributed by atoms with Crippen molar-refractivity contribution in [3.63, 3.8) is 0 Å². The Bertz CT molecular complexity index is 806. The summed E-state index contributed by atoms with van der Waals surface area (Å²) in [6.45, 7) is 3.18. The van der Waals surface area contributed by atoms with Crippen LogP contribution < -0.4 is 5.32 Å². The third-order valence-corrected chi connectivity index (χ3v) is 4.48. The number of alkyl halides is 3. The lowest BCUT2D eigenvalue weighted by molar-refractivity contribution is -0.150. The van der Waals surface area contributed by atoms with E-state index in [1.54, 1.807) is 24.3 Å². The van der Waals surface area contributed by atoms with Crippen LogP contribution in [-0.4, -0.2) is 18.5 Å². The van der Waals surface area contributed by atoms with E-state index in [0.29, 0.717) is 0 Å². The molecule has 0 aromatic heterocycles. The normalized spacial score (nSPS) is 13.5. The molecule has 0 saturated carbocycles. The van der Waals surface area contributed by atoms with Gasteiger partial charge in [0.05, 0.1) is 17.2 Å². The first-order chi connectivity index (χ1) is 13.2. The lowest BCUT2D eigenvalue weighted by atomic mass is 9.86. The van der Waals surface area contributed by atoms with Gasteiger partial charge in [0.25, 0.3) is 5.91 Å². The molecule has 4 nitrogen and oxygen atoms in total. The van der Waals surface area contributed by atoms with Crippen LogP contribution in [-0.2, 0) is 20.5 Å². The number of halogens is 3. The van der Waals surface area contributed by atoms with E-state index in [-0.39, 0.29) is 11.6 Å². The van der Waals surface area contributed by atoms with E-state index in [4.69, 9.17) is 4.74 Å². The summed E-state index contributed by atoms with van der Waals surface area (Å²) in [6.07, 6.45) is -3.88. The Hall–Kier alpha value is -2.83. The molecule has 1 N–H and O–H groups in total. The van der Waals surface area contributed by atoms with Crippen LogP contribution in [0.4, 0.5) is 18.9 Å². The second kappa shape index (κ2) is 9.39. The van der Waals surface area contributed by atoms with Gasteiger partial charge in [0.15, 0.2) is 6.61 Å². The fourth-order valence-corrected chi connectivity index (χ4v) is 2.85. The van der Waals surface area contributed by atoms with Crippen LogP contribution in [0.2, 0.25) is 0 Å². The number of hydrogen-bond donors (Lipinski definition) is 1. The monoisotopic (exact) mass is 393 g/mol. The van der Waals surface area contributed by atoms with Crippen LogP contribution in [0.1, 0.15) is 37.3 Å². The van der Waals surface area contributed by atoms with E-state index in [1.165, 1.54) is 12.1 Å². The van der Waals surface area contributed by atoms with Gasteiger partial charge in [-0.25, -0.2) is 0 Å². The Balaban J connectivity index is 2.05. The Morgan fingerprint density at radius 3 is 2.25 bits per heavy atom. The smallest absolute Gasteiger partial charge is 0.418 e. The Morgan fingerprint density at radius 1 is 1.04 bits per heavy atom. The molecule has 0 aliphatic heterocycles. The molecular formula is C21H22F3NO3. The SMILES string of the molecule is CC[C@@H](C)[C@@H](C(=O)OCC(=O)Nc1ccccc1C(F)(F)F)c1ccccc1. The summed E-state index contributed by atoms with van der Waals surface area (Å²) < 4.78 is 44.1. The van der Waals surface area contributed by atoms with Crippen molar-refractivity contribution in [1.29, 1.82) is 0 Å². The number of anilines is 1. The quantitative estimate of drug-likeness (QED) is 0.673. The van der Waals surface area contributed by atoms with Crippen LogP contribution in [0.15, 0.2) is 54.6 Å². The topological polar surface area (TPSA) is 55.4 Å². The van der Waals surface area contributed by atoms with Gasteiger partial charge in [0, 0.05) is 0 Å². The highest BCUT2D eigenvalue weighted by molar-refractivity contribution is 5.94. The van der Waals surface area contributed by atoms with Crippen LogP contribution in [0, 0.1) is 5.92 Å². The number of nitrogens with one attached hydrogen (secondary N) is 1. The summed E-state index contributed by atoms with van der Waals surface area (Å²) >= 11 is 0. The summed E-state index contributed by atoms with van der Waals surface area (Å²) in [5.41, 5.74) is -0.571. The first-order valence-corrected chi connectivity index (χ1v) is 8.91. The van der Waals surface area contributed by atoms with Gasteiger partial charge in [-0.2, -0.15) is 13.2 Å². The molecule has 0 bridgehead atoms. The molecule has 2 aromatic rings. The summed E-state index contributed by atoms with van der Waals surface area (Å²) in [5, 5.41) is 2.16. The van der Waals surface area contributed by atoms with Gasteiger partial charge >= 0.3 is 12.1 Å². The standard InChI is InChI=1S/C21H22F3NO3/c1-3-14(2)19(15-9-5-4-6-10-15)20(27)28-13-18(26)25-17-12-8-7-11-16(17)21(22,23)24/h4-12,14,19H,3,13H2,1-2H3,(H,25,26)/t14-,19-/m1/s1. The van der Waals surface area contributed by atoms with Crippen molar-refractivity contribution >= 4 is 17.6 Å². The number of esters is 1. The van der Waals surface area contributed by atoms with Gasteiger partial charge in [0.2, 0.25) is 0 Å². The minimum atomic E-state index is -4.60. The number of ether oxygens (including phenoxy) is 1. The van der Waals surface area contributed by atoms with Crippen molar-refractivity contribution in [2.45, 2.75) is 32.4 Å². The van der Waals surface area contributed by atoms with Crippen molar-refractivity contribution in [3.05, 3.63) is 65.7 Å². The predicted octanol–water partition coefficient (Wildman–Crippen LogP) is 5.02. The molecule has 0 spiro atoms. The maximum Gasteiger partial charge on any atom is 0.418 e. The summed E-state index contributed by atoms with van der Waals surface area (Å²) in [7, 11) is 0. The average molecular weight is 393 g/mol. The third kappa shape index (κ3) is 5.58. The maximum atomic E-state index is 13.0. The molecule has 0 aliphatic rings. The molecule has 2 atom stereocenters. The molecule has 0 heterocycles. The van der Waals surface area contributed by atoms with Gasteiger partial charge in [0.1, 0.15) is 0 Å². The molecule has 0 fully saturated rings. The largest absolute Gasteiger partial charge is 0.455 e. The van der Waals surface area contributed by atoms with E-state index in [1.807, 2.05) is 19.9 Å². The summed E-state index contributed by atoms with van der Waals surface area (Å²) in [5.74, 6) is -1.99. The van der Waals surface area contributed by atoms with Crippen molar-refractivity contribution in [1.82, 2.24) is 0 Å². The number of para-hydroxylation sites is 1. The fourth-order valence-electron chi connectivity index (χ4n) is 2.85. The molecule has 1 amide bonds. The highest BCUT2D eigenvalue weighted by atomic mass is 19.4. The molecule has 0 unspecified atom stereocenters. The van der Waals surface area contributed by atoms with E-state index >= 15 is 0 Å².